The van der Waals surface area contributed by atoms with Crippen LogP contribution in [-0.2, 0) is 14.3 Å². The number of nitrogens with one attached hydrogen (secondary N) is 3. The van der Waals surface area contributed by atoms with E-state index in [1.165, 1.54) is 7.05 Å². The van der Waals surface area contributed by atoms with E-state index in [1.54, 1.807) is 18.2 Å². The van der Waals surface area contributed by atoms with Gasteiger partial charge in [0.1, 0.15) is 5.71 Å². The van der Waals surface area contributed by atoms with Crippen LogP contribution < -0.4 is 16.1 Å². The number of hydrazone groups is 1. The molecular weight excluding hydrogens is 468 g/mol. The zero-order chi connectivity index (χ0) is 22.6. The topological polar surface area (TPSA) is 136 Å². The average Bonchev–Trinajstić information content (AvgIpc) is 2.77. The molecule has 0 saturated carbocycles. The molecule has 0 aliphatic carbocycles. The van der Waals surface area contributed by atoms with Gasteiger partial charge in [0.2, 0.25) is 0 Å². The third kappa shape index (κ3) is 4.86. The molecule has 0 bridgehead atoms. The molecule has 0 unspecified atom stereocenters. The number of nitriles is 1. The Kier molecular flexibility index (Phi) is 6.92. The molecule has 1 aromatic carbocycles. The van der Waals surface area contributed by atoms with Crippen LogP contribution in [0.1, 0.15) is 30.9 Å². The number of nitrogens with zero attached hydrogens (tertiary/aromatic N) is 3. The van der Waals surface area contributed by atoms with Gasteiger partial charge in [-0.25, -0.2) is 10.2 Å². The quantitative estimate of drug-likeness (QED) is 0.535. The minimum Gasteiger partial charge on any atom is -0.435 e. The van der Waals surface area contributed by atoms with Gasteiger partial charge in [-0.15, -0.1) is 0 Å². The Hall–Kier alpha value is -2.97. The summed E-state index contributed by atoms with van der Waals surface area (Å²) < 4.78 is 6.44. The van der Waals surface area contributed by atoms with Crippen LogP contribution in [0.25, 0.3) is 0 Å². The van der Waals surface area contributed by atoms with E-state index in [9.17, 15) is 14.4 Å². The number of benzene rings is 1. The Morgan fingerprint density at radius 2 is 2.10 bits per heavy atom. The first-order chi connectivity index (χ1) is 14.8. The van der Waals surface area contributed by atoms with Crippen molar-refractivity contribution in [2.24, 2.45) is 5.10 Å². The van der Waals surface area contributed by atoms with Gasteiger partial charge in [0.15, 0.2) is 5.60 Å². The van der Waals surface area contributed by atoms with E-state index in [1.807, 2.05) is 6.92 Å². The normalized spacial score (nSPS) is 18.8. The molecule has 1 fully saturated rings. The van der Waals surface area contributed by atoms with Gasteiger partial charge in [-0.2, -0.15) is 10.4 Å². The van der Waals surface area contributed by atoms with E-state index in [4.69, 9.17) is 10.00 Å². The maximum atomic E-state index is 12.0. The molecule has 3 rings (SSSR count). The predicted molar refractivity (Wildman–Crippen MR) is 115 cm³/mol. The molecule has 0 radical (unpaired) electrons. The molecule has 1 spiro atoms. The Labute approximate surface area is 188 Å². The van der Waals surface area contributed by atoms with Crippen LogP contribution in [0, 0.1) is 11.3 Å². The number of hydrogen-bond donors (Lipinski definition) is 3. The second-order valence-electron chi connectivity index (χ2n) is 7.44. The highest BCUT2D eigenvalue weighted by Crippen LogP contribution is 2.35. The van der Waals surface area contributed by atoms with Gasteiger partial charge in [0, 0.05) is 55.6 Å². The van der Waals surface area contributed by atoms with Crippen molar-refractivity contribution < 1.29 is 19.1 Å². The lowest BCUT2D eigenvalue weighted by molar-refractivity contribution is -0.139. The first-order valence-electron chi connectivity index (χ1n) is 9.81. The summed E-state index contributed by atoms with van der Waals surface area (Å²) in [6.45, 7) is 3.50. The van der Waals surface area contributed by atoms with E-state index in [-0.39, 0.29) is 6.04 Å². The summed E-state index contributed by atoms with van der Waals surface area (Å²) in [7, 11) is 1.40. The van der Waals surface area contributed by atoms with Gasteiger partial charge in [-0.3, -0.25) is 14.5 Å². The number of carbonyl (C=O) groups is 3. The van der Waals surface area contributed by atoms with Gasteiger partial charge >= 0.3 is 17.9 Å². The molecule has 2 aliphatic rings. The Morgan fingerprint density at radius 3 is 2.71 bits per heavy atom. The van der Waals surface area contributed by atoms with Crippen LogP contribution in [0.4, 0.5) is 4.79 Å². The lowest BCUT2D eigenvalue weighted by Gasteiger charge is -2.44. The predicted octanol–water partition coefficient (Wildman–Crippen LogP) is 0.850. The van der Waals surface area contributed by atoms with Crippen LogP contribution in [0.3, 0.4) is 0 Å². The minimum atomic E-state index is -0.888. The maximum Gasteiger partial charge on any atom is 0.428 e. The van der Waals surface area contributed by atoms with Crippen molar-refractivity contribution >= 4 is 39.5 Å². The first kappa shape index (κ1) is 22.7. The number of halogens is 1. The van der Waals surface area contributed by atoms with Gasteiger partial charge in [-0.1, -0.05) is 22.0 Å². The summed E-state index contributed by atoms with van der Waals surface area (Å²) >= 11 is 3.49. The minimum absolute atomic E-state index is 0.00888. The molecule has 11 heteroatoms. The summed E-state index contributed by atoms with van der Waals surface area (Å²) in [5.74, 6) is -1.35. The summed E-state index contributed by atoms with van der Waals surface area (Å²) in [6.07, 6.45) is 0.423. The third-order valence-corrected chi connectivity index (χ3v) is 6.21. The number of rotatable bonds is 4. The fourth-order valence-electron chi connectivity index (χ4n) is 3.76. The molecule has 1 aromatic rings. The number of carbonyl (C=O) groups excluding carboxylic acids is 3. The molecule has 3 amide bonds. The zero-order valence-electron chi connectivity index (χ0n) is 17.2. The second kappa shape index (κ2) is 9.45. The highest BCUT2D eigenvalue weighted by atomic mass is 79.9. The van der Waals surface area contributed by atoms with Gasteiger partial charge in [0.25, 0.3) is 0 Å². The molecule has 164 valence electrons. The Bertz CT molecular complexity index is 965. The summed E-state index contributed by atoms with van der Waals surface area (Å²) in [6, 6.07) is 7.26. The first-order valence-corrected chi connectivity index (χ1v) is 10.6. The van der Waals surface area contributed by atoms with Gasteiger partial charge < -0.3 is 15.4 Å². The highest BCUT2D eigenvalue weighted by molar-refractivity contribution is 9.10. The molecule has 31 heavy (non-hydrogen) atoms. The number of hydrogen-bond acceptors (Lipinski definition) is 7. The molecule has 2 heterocycles. The molecule has 3 N–H and O–H groups in total. The number of amides is 3. The molecule has 2 aliphatic heterocycles. The van der Waals surface area contributed by atoms with Crippen molar-refractivity contribution in [1.82, 2.24) is 21.0 Å². The molecule has 10 nitrogen and oxygen atoms in total. The molecule has 1 atom stereocenters. The van der Waals surface area contributed by atoms with Crippen LogP contribution in [0.2, 0.25) is 0 Å². The largest absolute Gasteiger partial charge is 0.435 e. The van der Waals surface area contributed by atoms with Crippen molar-refractivity contribution in [3.05, 3.63) is 33.8 Å². The van der Waals surface area contributed by atoms with Crippen molar-refractivity contribution in [2.75, 3.05) is 26.7 Å². The number of ether oxygens (including phenoxy) is 1. The van der Waals surface area contributed by atoms with Crippen LogP contribution in [0.5, 0.6) is 0 Å². The number of piperidine rings is 1. The summed E-state index contributed by atoms with van der Waals surface area (Å²) in [5, 5.41) is 18.3. The average molecular weight is 491 g/mol. The highest BCUT2D eigenvalue weighted by Gasteiger charge is 2.47. The van der Waals surface area contributed by atoms with E-state index < -0.39 is 23.5 Å². The third-order valence-electron chi connectivity index (χ3n) is 5.55. The number of likely N-dealkylation sites (N-methyl/N-ethyl adjacent to an activating group) is 1. The second-order valence-corrected chi connectivity index (χ2v) is 8.29. The van der Waals surface area contributed by atoms with E-state index in [0.717, 1.165) is 5.56 Å². The van der Waals surface area contributed by atoms with Gasteiger partial charge in [-0.05, 0) is 19.1 Å². The lowest BCUT2D eigenvalue weighted by atomic mass is 9.82. The van der Waals surface area contributed by atoms with Crippen molar-refractivity contribution in [3.63, 3.8) is 0 Å². The van der Waals surface area contributed by atoms with Crippen LogP contribution in [0.15, 0.2) is 27.8 Å². The van der Waals surface area contributed by atoms with Crippen molar-refractivity contribution in [2.45, 2.75) is 31.4 Å². The van der Waals surface area contributed by atoms with E-state index in [2.05, 4.69) is 48.1 Å². The molecule has 1 saturated heterocycles. The lowest BCUT2D eigenvalue weighted by Crippen LogP contribution is -2.58. The van der Waals surface area contributed by atoms with E-state index in [0.29, 0.717) is 48.2 Å². The van der Waals surface area contributed by atoms with Crippen molar-refractivity contribution in [3.8, 4) is 6.07 Å². The SMILES string of the molecule is CNC(=O)C(=O)NC[C@H](C)N1CCC2(CC1)OC(=O)NN=C2c1ccc(C#N)cc1Br. The van der Waals surface area contributed by atoms with Crippen LogP contribution in [-0.4, -0.2) is 66.8 Å². The fourth-order valence-corrected chi connectivity index (χ4v) is 4.33. The van der Waals surface area contributed by atoms with Crippen molar-refractivity contribution in [1.29, 1.82) is 5.26 Å². The summed E-state index contributed by atoms with van der Waals surface area (Å²) in [4.78, 5) is 37.2. The Morgan fingerprint density at radius 1 is 1.39 bits per heavy atom. The Balaban J connectivity index is 1.72. The number of likely N-dealkylation sites (tertiary alicyclic amines) is 1. The fraction of sp³-hybridized carbons (Fsp3) is 0.450. The van der Waals surface area contributed by atoms with Crippen LogP contribution >= 0.6 is 15.9 Å². The smallest absolute Gasteiger partial charge is 0.428 e. The zero-order valence-corrected chi connectivity index (χ0v) is 18.8. The monoisotopic (exact) mass is 490 g/mol. The van der Waals surface area contributed by atoms with E-state index >= 15 is 0 Å². The molecular formula is C20H23BrN6O4. The molecule has 0 aromatic heterocycles. The maximum absolute atomic E-state index is 12.0. The standard InChI is InChI=1S/C20H23BrN6O4/c1-12(11-24-18(29)17(28)23-2)27-7-5-20(6-8-27)16(25-26-19(30)31-20)14-4-3-13(10-22)9-15(14)21/h3-4,9,12H,5-8,11H2,1-2H3,(H,23,28)(H,24,29)(H,26,30)/t12-/m0/s1. The summed E-state index contributed by atoms with van der Waals surface area (Å²) in [5.41, 5.74) is 3.35. The van der Waals surface area contributed by atoms with Gasteiger partial charge in [0.05, 0.1) is 11.6 Å².